The average molecular weight is 111 g/mol. The Balaban J connectivity index is 3.66. The van der Waals surface area contributed by atoms with Crippen molar-refractivity contribution in [3.05, 3.63) is 12.7 Å². The van der Waals surface area contributed by atoms with Crippen LogP contribution < -0.4 is 5.73 Å². The summed E-state index contributed by atoms with van der Waals surface area (Å²) in [5.74, 6) is 2.17. The lowest BCUT2D eigenvalue weighted by Crippen LogP contribution is -2.30. The molecule has 0 bridgehead atoms. The molecule has 0 aliphatic carbocycles. The summed E-state index contributed by atoms with van der Waals surface area (Å²) in [4.78, 5) is 0. The summed E-state index contributed by atoms with van der Waals surface area (Å²) in [6.45, 7) is 3.30. The second kappa shape index (κ2) is 3.25. The van der Waals surface area contributed by atoms with Gasteiger partial charge in [0, 0.05) is 0 Å². The van der Waals surface area contributed by atoms with Crippen LogP contribution in [-0.2, 0) is 0 Å². The summed E-state index contributed by atoms with van der Waals surface area (Å²) in [5.41, 5.74) is 5.17. The molecule has 0 heterocycles. The van der Waals surface area contributed by atoms with Crippen molar-refractivity contribution in [3.63, 3.8) is 0 Å². The van der Waals surface area contributed by atoms with Crippen molar-refractivity contribution in [1.29, 1.82) is 0 Å². The summed E-state index contributed by atoms with van der Waals surface area (Å²) >= 11 is 0. The fraction of sp³-hybridized carbons (Fsp3) is 0.333. The van der Waals surface area contributed by atoms with Gasteiger partial charge in [-0.15, -0.1) is 13.0 Å². The standard InChI is InChI=1S/C6H9NO/c1-3-5(7)6(8)4-2/h1,4-6,8H,2,7H2. The van der Waals surface area contributed by atoms with Gasteiger partial charge in [0.15, 0.2) is 0 Å². The van der Waals surface area contributed by atoms with Crippen molar-refractivity contribution < 1.29 is 5.11 Å². The number of nitrogens with two attached hydrogens (primary N) is 1. The zero-order valence-electron chi connectivity index (χ0n) is 4.54. The Morgan fingerprint density at radius 3 is 2.50 bits per heavy atom. The van der Waals surface area contributed by atoms with Crippen LogP contribution in [-0.4, -0.2) is 17.3 Å². The molecule has 3 N–H and O–H groups in total. The lowest BCUT2D eigenvalue weighted by molar-refractivity contribution is 0.212. The lowest BCUT2D eigenvalue weighted by Gasteiger charge is -2.05. The molecule has 2 heteroatoms. The van der Waals surface area contributed by atoms with E-state index in [-0.39, 0.29) is 0 Å². The van der Waals surface area contributed by atoms with E-state index in [1.54, 1.807) is 0 Å². The minimum absolute atomic E-state index is 0.618. The first-order valence-electron chi connectivity index (χ1n) is 2.24. The maximum absolute atomic E-state index is 8.74. The van der Waals surface area contributed by atoms with Crippen LogP contribution in [0.1, 0.15) is 0 Å². The first-order valence-corrected chi connectivity index (χ1v) is 2.24. The van der Waals surface area contributed by atoms with E-state index in [0.29, 0.717) is 0 Å². The van der Waals surface area contributed by atoms with Gasteiger partial charge in [-0.25, -0.2) is 0 Å². The van der Waals surface area contributed by atoms with Crippen LogP contribution in [0.25, 0.3) is 0 Å². The summed E-state index contributed by atoms with van der Waals surface area (Å²) in [7, 11) is 0. The highest BCUT2D eigenvalue weighted by atomic mass is 16.3. The summed E-state index contributed by atoms with van der Waals surface area (Å²) in [5, 5.41) is 8.74. The fourth-order valence-electron chi connectivity index (χ4n) is 0.245. The normalized spacial score (nSPS) is 16.1. The van der Waals surface area contributed by atoms with Gasteiger partial charge >= 0.3 is 0 Å². The molecule has 0 aromatic carbocycles. The van der Waals surface area contributed by atoms with Crippen molar-refractivity contribution >= 4 is 0 Å². The Morgan fingerprint density at radius 1 is 1.88 bits per heavy atom. The number of terminal acetylenes is 1. The van der Waals surface area contributed by atoms with Gasteiger partial charge in [-0.2, -0.15) is 0 Å². The average Bonchev–Trinajstić information content (AvgIpc) is 1.84. The number of aliphatic hydroxyl groups is 1. The van der Waals surface area contributed by atoms with Crippen LogP contribution in [0.3, 0.4) is 0 Å². The lowest BCUT2D eigenvalue weighted by atomic mass is 10.2. The van der Waals surface area contributed by atoms with Crippen molar-refractivity contribution in [3.8, 4) is 12.3 Å². The third kappa shape index (κ3) is 1.78. The zero-order chi connectivity index (χ0) is 6.57. The highest BCUT2D eigenvalue weighted by molar-refractivity contribution is 5.05. The van der Waals surface area contributed by atoms with Crippen LogP contribution in [0.4, 0.5) is 0 Å². The van der Waals surface area contributed by atoms with Crippen molar-refractivity contribution in [1.82, 2.24) is 0 Å². The van der Waals surface area contributed by atoms with Crippen LogP contribution >= 0.6 is 0 Å². The molecule has 0 spiro atoms. The predicted molar refractivity (Wildman–Crippen MR) is 33.0 cm³/mol. The SMILES string of the molecule is C#CC(N)C(O)C=C. The van der Waals surface area contributed by atoms with Gasteiger partial charge in [0.2, 0.25) is 0 Å². The molecule has 0 fully saturated rings. The van der Waals surface area contributed by atoms with E-state index in [1.165, 1.54) is 6.08 Å². The topological polar surface area (TPSA) is 46.2 Å². The Kier molecular flexibility index (Phi) is 2.93. The van der Waals surface area contributed by atoms with Crippen molar-refractivity contribution in [2.75, 3.05) is 0 Å². The molecule has 0 radical (unpaired) electrons. The molecule has 0 aromatic rings. The van der Waals surface area contributed by atoms with Crippen LogP contribution in [0.2, 0.25) is 0 Å². The minimum Gasteiger partial charge on any atom is -0.386 e. The third-order valence-electron chi connectivity index (χ3n) is 0.802. The summed E-state index contributed by atoms with van der Waals surface area (Å²) in [6, 6.07) is -0.618. The van der Waals surface area contributed by atoms with Gasteiger partial charge in [0.1, 0.15) is 0 Å². The molecule has 0 saturated heterocycles. The van der Waals surface area contributed by atoms with Crippen LogP contribution in [0.15, 0.2) is 12.7 Å². The molecule has 0 aromatic heterocycles. The number of rotatable bonds is 2. The molecule has 44 valence electrons. The van der Waals surface area contributed by atoms with Gasteiger partial charge in [-0.05, 0) is 0 Å². The van der Waals surface area contributed by atoms with E-state index in [1.807, 2.05) is 0 Å². The first-order chi connectivity index (χ1) is 3.72. The number of hydrogen-bond acceptors (Lipinski definition) is 2. The molecule has 0 amide bonds. The maximum Gasteiger partial charge on any atom is 0.0981 e. The van der Waals surface area contributed by atoms with Gasteiger partial charge in [-0.1, -0.05) is 12.0 Å². The molecule has 0 saturated carbocycles. The Hall–Kier alpha value is -0.780. The minimum atomic E-state index is -0.778. The summed E-state index contributed by atoms with van der Waals surface area (Å²) in [6.07, 6.45) is 5.40. The smallest absolute Gasteiger partial charge is 0.0981 e. The van der Waals surface area contributed by atoms with Crippen molar-refractivity contribution in [2.24, 2.45) is 5.73 Å². The van der Waals surface area contributed by atoms with Gasteiger partial charge in [0.25, 0.3) is 0 Å². The third-order valence-corrected chi connectivity index (χ3v) is 0.802. The first kappa shape index (κ1) is 7.22. The monoisotopic (exact) mass is 111 g/mol. The maximum atomic E-state index is 8.74. The molecule has 0 aliphatic heterocycles. The van der Waals surface area contributed by atoms with E-state index >= 15 is 0 Å². The van der Waals surface area contributed by atoms with E-state index in [4.69, 9.17) is 17.3 Å². The molecule has 2 unspecified atom stereocenters. The van der Waals surface area contributed by atoms with E-state index in [9.17, 15) is 0 Å². The second-order valence-corrected chi connectivity index (χ2v) is 1.42. The number of aliphatic hydroxyl groups excluding tert-OH is 1. The van der Waals surface area contributed by atoms with E-state index in [2.05, 4.69) is 12.5 Å². The van der Waals surface area contributed by atoms with Crippen molar-refractivity contribution in [2.45, 2.75) is 12.1 Å². The Bertz CT molecular complexity index is 114. The second-order valence-electron chi connectivity index (χ2n) is 1.42. The van der Waals surface area contributed by atoms with E-state index in [0.717, 1.165) is 0 Å². The predicted octanol–water partition coefficient (Wildman–Crippen LogP) is -0.506. The van der Waals surface area contributed by atoms with Gasteiger partial charge in [-0.3, -0.25) is 0 Å². The fourth-order valence-corrected chi connectivity index (χ4v) is 0.245. The molecule has 2 atom stereocenters. The molecule has 2 nitrogen and oxygen atoms in total. The highest BCUT2D eigenvalue weighted by Crippen LogP contribution is 1.86. The molecule has 0 rings (SSSR count). The zero-order valence-corrected chi connectivity index (χ0v) is 4.54. The summed E-state index contributed by atoms with van der Waals surface area (Å²) < 4.78 is 0. The quantitative estimate of drug-likeness (QED) is 0.372. The van der Waals surface area contributed by atoms with Crippen LogP contribution in [0.5, 0.6) is 0 Å². The molecule has 0 aliphatic rings. The molecular weight excluding hydrogens is 102 g/mol. The van der Waals surface area contributed by atoms with E-state index < -0.39 is 12.1 Å². The van der Waals surface area contributed by atoms with Gasteiger partial charge < -0.3 is 10.8 Å². The molecule has 8 heavy (non-hydrogen) atoms. The number of hydrogen-bond donors (Lipinski definition) is 2. The molecular formula is C6H9NO. The Labute approximate surface area is 49.0 Å². The highest BCUT2D eigenvalue weighted by Gasteiger charge is 2.04. The Morgan fingerprint density at radius 2 is 2.38 bits per heavy atom. The largest absolute Gasteiger partial charge is 0.386 e. The van der Waals surface area contributed by atoms with Gasteiger partial charge in [0.05, 0.1) is 12.1 Å². The van der Waals surface area contributed by atoms with Crippen LogP contribution in [0, 0.1) is 12.3 Å².